The summed E-state index contributed by atoms with van der Waals surface area (Å²) in [5.74, 6) is 0. The molecule has 0 bridgehead atoms. The summed E-state index contributed by atoms with van der Waals surface area (Å²) in [6.45, 7) is 5.20. The van der Waals surface area contributed by atoms with E-state index in [0.717, 1.165) is 6.42 Å². The minimum Gasteiger partial charge on any atom is -0.399 e. The number of ether oxygens (including phenoxy) is 1. The molecule has 1 heterocycles. The molecule has 106 valence electrons. The van der Waals surface area contributed by atoms with Gasteiger partial charge in [0.05, 0.1) is 18.8 Å². The van der Waals surface area contributed by atoms with Gasteiger partial charge in [-0.05, 0) is 31.5 Å². The number of hydrogen-bond acceptors (Lipinski definition) is 3. The third-order valence-corrected chi connectivity index (χ3v) is 3.54. The van der Waals surface area contributed by atoms with E-state index in [-0.39, 0.29) is 17.7 Å². The van der Waals surface area contributed by atoms with Crippen molar-refractivity contribution in [3.05, 3.63) is 23.8 Å². The minimum absolute atomic E-state index is 0.00699. The molecule has 1 aromatic carbocycles. The number of morpholine rings is 1. The molecule has 19 heavy (non-hydrogen) atoms. The van der Waals surface area contributed by atoms with Crippen molar-refractivity contribution < 1.29 is 13.5 Å². The van der Waals surface area contributed by atoms with Gasteiger partial charge in [0.15, 0.2) is 0 Å². The molecule has 1 aliphatic heterocycles. The van der Waals surface area contributed by atoms with E-state index in [9.17, 15) is 8.78 Å². The average Bonchev–Trinajstić information content (AvgIpc) is 2.38. The third-order valence-electron chi connectivity index (χ3n) is 3.54. The summed E-state index contributed by atoms with van der Waals surface area (Å²) in [5, 5.41) is 0. The molecule has 0 radical (unpaired) electrons. The molecule has 1 aliphatic rings. The monoisotopic (exact) mass is 270 g/mol. The van der Waals surface area contributed by atoms with E-state index in [2.05, 4.69) is 0 Å². The van der Waals surface area contributed by atoms with Crippen molar-refractivity contribution in [3.63, 3.8) is 0 Å². The predicted molar refractivity (Wildman–Crippen MR) is 72.7 cm³/mol. The number of halogens is 2. The van der Waals surface area contributed by atoms with E-state index in [0.29, 0.717) is 24.5 Å². The highest BCUT2D eigenvalue weighted by atomic mass is 19.3. The van der Waals surface area contributed by atoms with Gasteiger partial charge in [0.2, 0.25) is 0 Å². The van der Waals surface area contributed by atoms with Crippen LogP contribution in [0.4, 0.5) is 20.2 Å². The van der Waals surface area contributed by atoms with Gasteiger partial charge in [0.25, 0.3) is 6.43 Å². The smallest absolute Gasteiger partial charge is 0.265 e. The number of nitrogen functional groups attached to an aromatic ring is 1. The number of nitrogens with two attached hydrogens (primary N) is 1. The molecule has 3 nitrogen and oxygen atoms in total. The summed E-state index contributed by atoms with van der Waals surface area (Å²) in [7, 11) is 0. The van der Waals surface area contributed by atoms with E-state index in [4.69, 9.17) is 10.5 Å². The molecule has 1 fully saturated rings. The van der Waals surface area contributed by atoms with Crippen LogP contribution in [0.15, 0.2) is 18.2 Å². The zero-order valence-corrected chi connectivity index (χ0v) is 11.3. The number of hydrogen-bond donors (Lipinski definition) is 1. The van der Waals surface area contributed by atoms with Crippen LogP contribution in [0.1, 0.15) is 32.3 Å². The average molecular weight is 270 g/mol. The topological polar surface area (TPSA) is 38.5 Å². The van der Waals surface area contributed by atoms with Crippen molar-refractivity contribution in [1.29, 1.82) is 0 Å². The van der Waals surface area contributed by atoms with Gasteiger partial charge in [0.1, 0.15) is 0 Å². The van der Waals surface area contributed by atoms with Gasteiger partial charge in [-0.15, -0.1) is 0 Å². The highest BCUT2D eigenvalue weighted by Gasteiger charge is 2.28. The first-order valence-corrected chi connectivity index (χ1v) is 6.58. The van der Waals surface area contributed by atoms with Gasteiger partial charge in [-0.3, -0.25) is 0 Å². The van der Waals surface area contributed by atoms with Gasteiger partial charge in [-0.2, -0.15) is 0 Å². The van der Waals surface area contributed by atoms with Crippen molar-refractivity contribution in [3.8, 4) is 0 Å². The second-order valence-electron chi connectivity index (χ2n) is 4.98. The van der Waals surface area contributed by atoms with Crippen LogP contribution < -0.4 is 10.6 Å². The van der Waals surface area contributed by atoms with Gasteiger partial charge in [-0.1, -0.05) is 6.92 Å². The SMILES string of the molecule is CCC1COC(C)CN1c1ccc(N)cc1C(F)F. The Morgan fingerprint density at radius 1 is 1.47 bits per heavy atom. The fraction of sp³-hybridized carbons (Fsp3) is 0.571. The quantitative estimate of drug-likeness (QED) is 0.857. The summed E-state index contributed by atoms with van der Waals surface area (Å²) in [6.07, 6.45) is -1.61. The fourth-order valence-electron chi connectivity index (χ4n) is 2.49. The molecular weight excluding hydrogens is 250 g/mol. The number of alkyl halides is 2. The Morgan fingerprint density at radius 3 is 2.84 bits per heavy atom. The molecule has 2 N–H and O–H groups in total. The highest BCUT2D eigenvalue weighted by molar-refractivity contribution is 5.61. The lowest BCUT2D eigenvalue weighted by Gasteiger charge is -2.40. The maximum absolute atomic E-state index is 13.2. The lowest BCUT2D eigenvalue weighted by atomic mass is 10.1. The Labute approximate surface area is 112 Å². The van der Waals surface area contributed by atoms with E-state index in [1.807, 2.05) is 18.7 Å². The summed E-state index contributed by atoms with van der Waals surface area (Å²) in [6, 6.07) is 4.87. The van der Waals surface area contributed by atoms with E-state index in [1.54, 1.807) is 12.1 Å². The maximum atomic E-state index is 13.2. The first-order chi connectivity index (χ1) is 9.02. The highest BCUT2D eigenvalue weighted by Crippen LogP contribution is 2.34. The van der Waals surface area contributed by atoms with Crippen LogP contribution in [0, 0.1) is 0 Å². The van der Waals surface area contributed by atoms with Crippen molar-refractivity contribution in [2.75, 3.05) is 23.8 Å². The number of nitrogens with zero attached hydrogens (tertiary/aromatic N) is 1. The van der Waals surface area contributed by atoms with Crippen molar-refractivity contribution in [2.45, 2.75) is 38.8 Å². The molecule has 2 unspecified atom stereocenters. The second-order valence-corrected chi connectivity index (χ2v) is 4.98. The summed E-state index contributed by atoms with van der Waals surface area (Å²) in [4.78, 5) is 2.02. The Kier molecular flexibility index (Phi) is 4.24. The first kappa shape index (κ1) is 14.1. The zero-order chi connectivity index (χ0) is 14.0. The lowest BCUT2D eigenvalue weighted by Crippen LogP contribution is -2.49. The van der Waals surface area contributed by atoms with Crippen LogP contribution in [-0.2, 0) is 4.74 Å². The van der Waals surface area contributed by atoms with Crippen LogP contribution in [0.2, 0.25) is 0 Å². The van der Waals surface area contributed by atoms with Crippen LogP contribution in [0.3, 0.4) is 0 Å². The minimum atomic E-state index is -2.52. The third kappa shape index (κ3) is 2.97. The summed E-state index contributed by atoms with van der Waals surface area (Å²) < 4.78 is 32.0. The molecule has 0 spiro atoms. The maximum Gasteiger partial charge on any atom is 0.265 e. The van der Waals surface area contributed by atoms with E-state index < -0.39 is 6.43 Å². The van der Waals surface area contributed by atoms with Gasteiger partial charge in [0, 0.05) is 23.5 Å². The normalized spacial score (nSPS) is 23.9. The first-order valence-electron chi connectivity index (χ1n) is 6.58. The van der Waals surface area contributed by atoms with Gasteiger partial charge < -0.3 is 15.4 Å². The number of benzene rings is 1. The Morgan fingerprint density at radius 2 is 2.21 bits per heavy atom. The van der Waals surface area contributed by atoms with Crippen molar-refractivity contribution in [2.24, 2.45) is 0 Å². The Bertz CT molecular complexity index is 439. The molecule has 5 heteroatoms. The molecule has 0 saturated carbocycles. The van der Waals surface area contributed by atoms with Gasteiger partial charge in [-0.25, -0.2) is 8.78 Å². The second kappa shape index (κ2) is 5.74. The van der Waals surface area contributed by atoms with Crippen LogP contribution in [-0.4, -0.2) is 25.3 Å². The summed E-state index contributed by atoms with van der Waals surface area (Å²) in [5.41, 5.74) is 6.56. The Hall–Kier alpha value is -1.36. The molecule has 2 rings (SSSR count). The van der Waals surface area contributed by atoms with Crippen LogP contribution in [0.5, 0.6) is 0 Å². The molecule has 0 aliphatic carbocycles. The largest absolute Gasteiger partial charge is 0.399 e. The van der Waals surface area contributed by atoms with Crippen molar-refractivity contribution >= 4 is 11.4 Å². The van der Waals surface area contributed by atoms with Crippen LogP contribution in [0.25, 0.3) is 0 Å². The van der Waals surface area contributed by atoms with Crippen LogP contribution >= 0.6 is 0 Å². The van der Waals surface area contributed by atoms with E-state index in [1.165, 1.54) is 6.07 Å². The Balaban J connectivity index is 2.38. The lowest BCUT2D eigenvalue weighted by molar-refractivity contribution is 0.0295. The molecule has 1 aromatic rings. The molecular formula is C14H20F2N2O. The molecule has 0 aromatic heterocycles. The fourth-order valence-corrected chi connectivity index (χ4v) is 2.49. The molecule has 0 amide bonds. The number of rotatable bonds is 3. The standard InChI is InChI=1S/C14H20F2N2O/c1-3-11-8-19-9(2)7-18(11)13-5-4-10(17)6-12(13)14(15)16/h4-6,9,11,14H,3,7-8,17H2,1-2H3. The van der Waals surface area contributed by atoms with Gasteiger partial charge >= 0.3 is 0 Å². The number of anilines is 2. The molecule has 2 atom stereocenters. The summed E-state index contributed by atoms with van der Waals surface area (Å²) >= 11 is 0. The predicted octanol–water partition coefficient (Wildman–Crippen LogP) is 3.21. The van der Waals surface area contributed by atoms with Crippen molar-refractivity contribution in [1.82, 2.24) is 0 Å². The zero-order valence-electron chi connectivity index (χ0n) is 11.3. The molecule has 1 saturated heterocycles. The van der Waals surface area contributed by atoms with E-state index >= 15 is 0 Å².